The van der Waals surface area contributed by atoms with Crippen LogP contribution in [-0.4, -0.2) is 25.5 Å². The molecule has 0 bridgehead atoms. The highest BCUT2D eigenvalue weighted by Gasteiger charge is 2.02. The van der Waals surface area contributed by atoms with Crippen LogP contribution < -0.4 is 5.32 Å². The molecule has 0 saturated heterocycles. The highest BCUT2D eigenvalue weighted by molar-refractivity contribution is 5.75. The summed E-state index contributed by atoms with van der Waals surface area (Å²) in [7, 11) is 1.40. The van der Waals surface area contributed by atoms with Crippen LogP contribution in [0.25, 0.3) is 0 Å². The molecular formula is C22H43NO3. The summed E-state index contributed by atoms with van der Waals surface area (Å²) in [6.07, 6.45) is 19.9. The Kier molecular flexibility index (Phi) is 19.4. The lowest BCUT2D eigenvalue weighted by molar-refractivity contribution is -0.140. The minimum absolute atomic E-state index is 0.145. The standard InChI is InChI=1S/C22H43NO3/c1-3-4-5-6-7-8-9-10-11-12-13-14-15-18-21(24)23-20-17-16-19-22(25)26-2/h3-20H2,1-2H3,(H,23,24). The maximum Gasteiger partial charge on any atom is 0.305 e. The molecule has 0 fully saturated rings. The Hall–Kier alpha value is -1.06. The van der Waals surface area contributed by atoms with Crippen molar-refractivity contribution in [3.63, 3.8) is 0 Å². The van der Waals surface area contributed by atoms with E-state index in [0.29, 0.717) is 19.4 Å². The molecule has 4 nitrogen and oxygen atoms in total. The molecule has 0 saturated carbocycles. The van der Waals surface area contributed by atoms with Crippen LogP contribution in [-0.2, 0) is 14.3 Å². The lowest BCUT2D eigenvalue weighted by atomic mass is 10.0. The van der Waals surface area contributed by atoms with E-state index in [1.54, 1.807) is 0 Å². The number of hydrogen-bond donors (Lipinski definition) is 1. The smallest absolute Gasteiger partial charge is 0.305 e. The molecule has 0 radical (unpaired) electrons. The van der Waals surface area contributed by atoms with E-state index in [4.69, 9.17) is 0 Å². The SMILES string of the molecule is CCCCCCCCCCCCCCCC(=O)NCCCCC(=O)OC. The van der Waals surface area contributed by atoms with Crippen molar-refractivity contribution < 1.29 is 14.3 Å². The second-order valence-corrected chi connectivity index (χ2v) is 7.38. The third-order valence-electron chi connectivity index (χ3n) is 4.86. The van der Waals surface area contributed by atoms with E-state index in [-0.39, 0.29) is 11.9 Å². The zero-order chi connectivity index (χ0) is 19.3. The van der Waals surface area contributed by atoms with E-state index in [1.165, 1.54) is 77.7 Å². The largest absolute Gasteiger partial charge is 0.469 e. The predicted octanol–water partition coefficient (Wildman–Crippen LogP) is 5.93. The van der Waals surface area contributed by atoms with Crippen LogP contribution >= 0.6 is 0 Å². The number of unbranched alkanes of at least 4 members (excludes halogenated alkanes) is 13. The summed E-state index contributed by atoms with van der Waals surface area (Å²) in [5.74, 6) is -0.0329. The third kappa shape index (κ3) is 19.3. The Balaban J connectivity index is 3.17. The van der Waals surface area contributed by atoms with Crippen LogP contribution in [0.4, 0.5) is 0 Å². The number of hydrogen-bond acceptors (Lipinski definition) is 3. The van der Waals surface area contributed by atoms with E-state index in [0.717, 1.165) is 25.7 Å². The number of nitrogens with one attached hydrogen (secondary N) is 1. The molecule has 26 heavy (non-hydrogen) atoms. The van der Waals surface area contributed by atoms with Gasteiger partial charge in [-0.2, -0.15) is 0 Å². The van der Waals surface area contributed by atoms with Crippen molar-refractivity contribution >= 4 is 11.9 Å². The van der Waals surface area contributed by atoms with Crippen molar-refractivity contribution in [1.82, 2.24) is 5.32 Å². The number of amides is 1. The number of esters is 1. The molecule has 0 heterocycles. The van der Waals surface area contributed by atoms with Gasteiger partial charge in [0.25, 0.3) is 0 Å². The topological polar surface area (TPSA) is 55.4 Å². The van der Waals surface area contributed by atoms with Gasteiger partial charge in [0.2, 0.25) is 5.91 Å². The van der Waals surface area contributed by atoms with Crippen molar-refractivity contribution in [2.45, 2.75) is 116 Å². The fourth-order valence-electron chi connectivity index (χ4n) is 3.12. The lowest BCUT2D eigenvalue weighted by Crippen LogP contribution is -2.24. The van der Waals surface area contributed by atoms with Crippen LogP contribution in [0, 0.1) is 0 Å². The van der Waals surface area contributed by atoms with Gasteiger partial charge in [0, 0.05) is 19.4 Å². The molecule has 0 atom stereocenters. The molecule has 1 N–H and O–H groups in total. The Bertz CT molecular complexity index is 331. The van der Waals surface area contributed by atoms with Crippen LogP contribution in [0.1, 0.15) is 116 Å². The first-order valence-electron chi connectivity index (χ1n) is 11.0. The fraction of sp³-hybridized carbons (Fsp3) is 0.909. The van der Waals surface area contributed by atoms with Gasteiger partial charge >= 0.3 is 5.97 Å². The highest BCUT2D eigenvalue weighted by atomic mass is 16.5. The fourth-order valence-corrected chi connectivity index (χ4v) is 3.12. The van der Waals surface area contributed by atoms with Gasteiger partial charge in [0.15, 0.2) is 0 Å². The van der Waals surface area contributed by atoms with E-state index < -0.39 is 0 Å². The van der Waals surface area contributed by atoms with Gasteiger partial charge in [-0.15, -0.1) is 0 Å². The molecule has 0 aliphatic rings. The van der Waals surface area contributed by atoms with E-state index in [2.05, 4.69) is 17.0 Å². The van der Waals surface area contributed by atoms with Gasteiger partial charge in [0.05, 0.1) is 7.11 Å². The van der Waals surface area contributed by atoms with Gasteiger partial charge in [-0.1, -0.05) is 84.0 Å². The average Bonchev–Trinajstić information content (AvgIpc) is 2.65. The minimum atomic E-state index is -0.177. The van der Waals surface area contributed by atoms with Crippen LogP contribution in [0.5, 0.6) is 0 Å². The maximum atomic E-state index is 11.7. The minimum Gasteiger partial charge on any atom is -0.469 e. The number of rotatable bonds is 19. The molecule has 0 aromatic heterocycles. The van der Waals surface area contributed by atoms with Crippen molar-refractivity contribution in [2.75, 3.05) is 13.7 Å². The van der Waals surface area contributed by atoms with E-state index >= 15 is 0 Å². The molecule has 0 rings (SSSR count). The number of methoxy groups -OCH3 is 1. The Morgan fingerprint density at radius 2 is 1.12 bits per heavy atom. The second kappa shape index (κ2) is 20.3. The predicted molar refractivity (Wildman–Crippen MR) is 109 cm³/mol. The summed E-state index contributed by atoms with van der Waals surface area (Å²) in [4.78, 5) is 22.6. The molecule has 0 aliphatic carbocycles. The third-order valence-corrected chi connectivity index (χ3v) is 4.86. The first-order chi connectivity index (χ1) is 12.7. The van der Waals surface area contributed by atoms with E-state index in [1.807, 2.05) is 0 Å². The molecule has 0 aliphatic heterocycles. The van der Waals surface area contributed by atoms with Gasteiger partial charge in [-0.05, 0) is 19.3 Å². The van der Waals surface area contributed by atoms with Crippen molar-refractivity contribution in [3.05, 3.63) is 0 Å². The summed E-state index contributed by atoms with van der Waals surface area (Å²) in [6.45, 7) is 2.93. The highest BCUT2D eigenvalue weighted by Crippen LogP contribution is 2.12. The van der Waals surface area contributed by atoms with Gasteiger partial charge < -0.3 is 10.1 Å². The monoisotopic (exact) mass is 369 g/mol. The molecule has 154 valence electrons. The van der Waals surface area contributed by atoms with Crippen molar-refractivity contribution in [2.24, 2.45) is 0 Å². The summed E-state index contributed by atoms with van der Waals surface area (Å²) in [6, 6.07) is 0. The van der Waals surface area contributed by atoms with Gasteiger partial charge in [-0.25, -0.2) is 0 Å². The average molecular weight is 370 g/mol. The lowest BCUT2D eigenvalue weighted by Gasteiger charge is -2.05. The Morgan fingerprint density at radius 3 is 1.62 bits per heavy atom. The summed E-state index contributed by atoms with van der Waals surface area (Å²) in [5.41, 5.74) is 0. The normalized spacial score (nSPS) is 10.7. The first-order valence-corrected chi connectivity index (χ1v) is 11.0. The summed E-state index contributed by atoms with van der Waals surface area (Å²) in [5, 5.41) is 2.93. The summed E-state index contributed by atoms with van der Waals surface area (Å²) < 4.78 is 4.58. The van der Waals surface area contributed by atoms with Gasteiger partial charge in [0.1, 0.15) is 0 Å². The molecule has 0 spiro atoms. The molecular weight excluding hydrogens is 326 g/mol. The van der Waals surface area contributed by atoms with Crippen molar-refractivity contribution in [1.29, 1.82) is 0 Å². The van der Waals surface area contributed by atoms with Crippen LogP contribution in [0.15, 0.2) is 0 Å². The number of ether oxygens (including phenoxy) is 1. The summed E-state index contributed by atoms with van der Waals surface area (Å²) >= 11 is 0. The van der Waals surface area contributed by atoms with Crippen LogP contribution in [0.2, 0.25) is 0 Å². The Labute approximate surface area is 161 Å². The first kappa shape index (κ1) is 24.9. The quantitative estimate of drug-likeness (QED) is 0.227. The second-order valence-electron chi connectivity index (χ2n) is 7.38. The zero-order valence-corrected chi connectivity index (χ0v) is 17.5. The molecule has 0 aromatic carbocycles. The molecule has 0 aromatic rings. The molecule has 1 amide bonds. The maximum absolute atomic E-state index is 11.7. The van der Waals surface area contributed by atoms with Crippen LogP contribution in [0.3, 0.4) is 0 Å². The zero-order valence-electron chi connectivity index (χ0n) is 17.5. The molecule has 4 heteroatoms. The molecule has 0 unspecified atom stereocenters. The van der Waals surface area contributed by atoms with Gasteiger partial charge in [-0.3, -0.25) is 9.59 Å². The number of carbonyl (C=O) groups excluding carboxylic acids is 2. The number of carbonyl (C=O) groups is 2. The van der Waals surface area contributed by atoms with E-state index in [9.17, 15) is 9.59 Å². The van der Waals surface area contributed by atoms with Crippen molar-refractivity contribution in [3.8, 4) is 0 Å². The Morgan fingerprint density at radius 1 is 0.654 bits per heavy atom.